The van der Waals surface area contributed by atoms with E-state index in [1.54, 1.807) is 6.92 Å². The van der Waals surface area contributed by atoms with Gasteiger partial charge < -0.3 is 14.9 Å². The highest BCUT2D eigenvalue weighted by Gasteiger charge is 2.18. The number of aliphatic hydroxyl groups excluding tert-OH is 2. The van der Waals surface area contributed by atoms with Crippen LogP contribution in [0.3, 0.4) is 0 Å². The summed E-state index contributed by atoms with van der Waals surface area (Å²) in [5.74, 6) is -1.79. The van der Waals surface area contributed by atoms with Crippen molar-refractivity contribution in [3.8, 4) is 0 Å². The second kappa shape index (κ2) is 5.68. The van der Waals surface area contributed by atoms with Crippen LogP contribution in [0.15, 0.2) is 0 Å². The highest BCUT2D eigenvalue weighted by molar-refractivity contribution is 5.87. The van der Waals surface area contributed by atoms with E-state index in [0.29, 0.717) is 6.42 Å². The lowest BCUT2D eigenvalue weighted by molar-refractivity contribution is -0.167. The first-order valence-electron chi connectivity index (χ1n) is 3.65. The van der Waals surface area contributed by atoms with Gasteiger partial charge in [-0.3, -0.25) is 4.79 Å². The lowest BCUT2D eigenvalue weighted by atomic mass is 10.3. The van der Waals surface area contributed by atoms with E-state index in [-0.39, 0.29) is 6.42 Å². The highest BCUT2D eigenvalue weighted by atomic mass is 16.6. The Labute approximate surface area is 70.0 Å². The van der Waals surface area contributed by atoms with Crippen LogP contribution in [0, 0.1) is 0 Å². The molecule has 1 unspecified atom stereocenters. The normalized spacial score (nSPS) is 12.2. The van der Waals surface area contributed by atoms with Gasteiger partial charge in [-0.15, -0.1) is 0 Å². The molecule has 0 radical (unpaired) electrons. The molecular weight excluding hydrogens is 164 g/mol. The monoisotopic (exact) mass is 176 g/mol. The zero-order valence-corrected chi connectivity index (χ0v) is 6.82. The molecule has 0 amide bonds. The molecule has 0 aromatic heterocycles. The van der Waals surface area contributed by atoms with Crippen molar-refractivity contribution in [3.63, 3.8) is 0 Å². The van der Waals surface area contributed by atoms with Gasteiger partial charge in [-0.2, -0.15) is 0 Å². The highest BCUT2D eigenvalue weighted by Crippen LogP contribution is 1.94. The van der Waals surface area contributed by atoms with Crippen molar-refractivity contribution in [2.75, 3.05) is 6.61 Å². The molecule has 0 aliphatic heterocycles. The molecule has 0 aliphatic carbocycles. The molecule has 0 saturated heterocycles. The predicted molar refractivity (Wildman–Crippen MR) is 39.1 cm³/mol. The maximum absolute atomic E-state index is 10.6. The van der Waals surface area contributed by atoms with Crippen molar-refractivity contribution in [2.24, 2.45) is 0 Å². The van der Waals surface area contributed by atoms with Gasteiger partial charge in [0, 0.05) is 6.42 Å². The van der Waals surface area contributed by atoms with E-state index < -0.39 is 24.6 Å². The SMILES string of the molecule is CCCC(=O)OC(=O)C(O)CO. The van der Waals surface area contributed by atoms with Crippen LogP contribution in [-0.4, -0.2) is 34.9 Å². The first-order valence-corrected chi connectivity index (χ1v) is 3.65. The van der Waals surface area contributed by atoms with E-state index >= 15 is 0 Å². The number of carbonyl (C=O) groups is 2. The fourth-order valence-corrected chi connectivity index (χ4v) is 0.510. The number of rotatable bonds is 4. The third-order valence-electron chi connectivity index (χ3n) is 1.11. The Balaban J connectivity index is 3.76. The maximum Gasteiger partial charge on any atom is 0.345 e. The van der Waals surface area contributed by atoms with Crippen LogP contribution in [-0.2, 0) is 14.3 Å². The van der Waals surface area contributed by atoms with Crippen LogP contribution in [0.1, 0.15) is 19.8 Å². The smallest absolute Gasteiger partial charge is 0.345 e. The number of aliphatic hydroxyl groups is 2. The standard InChI is InChI=1S/C7H12O5/c1-2-3-6(10)12-7(11)5(9)4-8/h5,8-9H,2-4H2,1H3. The Kier molecular flexibility index (Phi) is 5.23. The number of hydrogen-bond acceptors (Lipinski definition) is 5. The molecular formula is C7H12O5. The van der Waals surface area contributed by atoms with Crippen LogP contribution < -0.4 is 0 Å². The van der Waals surface area contributed by atoms with Gasteiger partial charge in [-0.05, 0) is 6.42 Å². The summed E-state index contributed by atoms with van der Waals surface area (Å²) in [4.78, 5) is 21.2. The third kappa shape index (κ3) is 4.05. The van der Waals surface area contributed by atoms with Gasteiger partial charge in [-0.1, -0.05) is 6.92 Å². The molecule has 0 bridgehead atoms. The summed E-state index contributed by atoms with van der Waals surface area (Å²) in [6, 6.07) is 0. The average molecular weight is 176 g/mol. The van der Waals surface area contributed by atoms with Gasteiger partial charge in [0.25, 0.3) is 0 Å². The Hall–Kier alpha value is -0.940. The van der Waals surface area contributed by atoms with Gasteiger partial charge in [0.05, 0.1) is 6.61 Å². The average Bonchev–Trinajstić information content (AvgIpc) is 2.03. The summed E-state index contributed by atoms with van der Waals surface area (Å²) in [5, 5.41) is 17.0. The van der Waals surface area contributed by atoms with Gasteiger partial charge in [0.15, 0.2) is 6.10 Å². The van der Waals surface area contributed by atoms with E-state index in [9.17, 15) is 9.59 Å². The fraction of sp³-hybridized carbons (Fsp3) is 0.714. The molecule has 0 spiro atoms. The van der Waals surface area contributed by atoms with Crippen LogP contribution in [0.4, 0.5) is 0 Å². The van der Waals surface area contributed by atoms with Crippen molar-refractivity contribution in [1.29, 1.82) is 0 Å². The van der Waals surface area contributed by atoms with E-state index in [1.165, 1.54) is 0 Å². The zero-order valence-electron chi connectivity index (χ0n) is 6.82. The second-order valence-corrected chi connectivity index (χ2v) is 2.24. The third-order valence-corrected chi connectivity index (χ3v) is 1.11. The van der Waals surface area contributed by atoms with Gasteiger partial charge in [0.1, 0.15) is 0 Å². The Bertz CT molecular complexity index is 165. The minimum atomic E-state index is -1.62. The van der Waals surface area contributed by atoms with Crippen molar-refractivity contribution in [2.45, 2.75) is 25.9 Å². The second-order valence-electron chi connectivity index (χ2n) is 2.24. The summed E-state index contributed by atoms with van der Waals surface area (Å²) < 4.78 is 4.16. The number of esters is 2. The summed E-state index contributed by atoms with van der Waals surface area (Å²) in [6.45, 7) is 1.02. The van der Waals surface area contributed by atoms with Crippen LogP contribution in [0.5, 0.6) is 0 Å². The first kappa shape index (κ1) is 11.1. The minimum absolute atomic E-state index is 0.129. The quantitative estimate of drug-likeness (QED) is 0.433. The van der Waals surface area contributed by atoms with Crippen LogP contribution >= 0.6 is 0 Å². The summed E-state index contributed by atoms with van der Waals surface area (Å²) in [5.41, 5.74) is 0. The van der Waals surface area contributed by atoms with Crippen molar-refractivity contribution in [3.05, 3.63) is 0 Å². The molecule has 0 saturated carbocycles. The molecule has 0 aliphatic rings. The van der Waals surface area contributed by atoms with Gasteiger partial charge in [-0.25, -0.2) is 4.79 Å². The molecule has 0 fully saturated rings. The predicted octanol–water partition coefficient (Wildman–Crippen LogP) is -0.791. The largest absolute Gasteiger partial charge is 0.393 e. The molecule has 70 valence electrons. The Morgan fingerprint density at radius 1 is 1.50 bits per heavy atom. The summed E-state index contributed by atoms with van der Waals surface area (Å²) in [7, 11) is 0. The van der Waals surface area contributed by atoms with E-state index in [4.69, 9.17) is 10.2 Å². The lowest BCUT2D eigenvalue weighted by Crippen LogP contribution is -2.28. The molecule has 0 heterocycles. The van der Waals surface area contributed by atoms with Gasteiger partial charge in [0.2, 0.25) is 0 Å². The van der Waals surface area contributed by atoms with E-state index in [0.717, 1.165) is 0 Å². The summed E-state index contributed by atoms with van der Waals surface area (Å²) in [6.07, 6.45) is -0.920. The summed E-state index contributed by atoms with van der Waals surface area (Å²) >= 11 is 0. The minimum Gasteiger partial charge on any atom is -0.393 e. The molecule has 0 aromatic rings. The Morgan fingerprint density at radius 2 is 2.08 bits per heavy atom. The molecule has 5 nitrogen and oxygen atoms in total. The fourth-order valence-electron chi connectivity index (χ4n) is 0.510. The van der Waals surface area contributed by atoms with E-state index in [1.807, 2.05) is 0 Å². The number of hydrogen-bond donors (Lipinski definition) is 2. The van der Waals surface area contributed by atoms with E-state index in [2.05, 4.69) is 4.74 Å². The van der Waals surface area contributed by atoms with Crippen LogP contribution in [0.2, 0.25) is 0 Å². The number of ether oxygens (including phenoxy) is 1. The molecule has 2 N–H and O–H groups in total. The van der Waals surface area contributed by atoms with Crippen molar-refractivity contribution in [1.82, 2.24) is 0 Å². The van der Waals surface area contributed by atoms with Crippen LogP contribution in [0.25, 0.3) is 0 Å². The topological polar surface area (TPSA) is 83.8 Å². The lowest BCUT2D eigenvalue weighted by Gasteiger charge is -2.05. The Morgan fingerprint density at radius 3 is 2.50 bits per heavy atom. The van der Waals surface area contributed by atoms with Crippen molar-refractivity contribution < 1.29 is 24.5 Å². The number of carbonyl (C=O) groups excluding carboxylic acids is 2. The zero-order chi connectivity index (χ0) is 9.56. The molecule has 12 heavy (non-hydrogen) atoms. The maximum atomic E-state index is 10.6. The van der Waals surface area contributed by atoms with Crippen molar-refractivity contribution >= 4 is 11.9 Å². The molecule has 0 rings (SSSR count). The first-order chi connectivity index (χ1) is 5.61. The molecule has 5 heteroatoms. The molecule has 0 aromatic carbocycles. The molecule has 1 atom stereocenters. The van der Waals surface area contributed by atoms with Gasteiger partial charge >= 0.3 is 11.9 Å².